The third-order valence-corrected chi connectivity index (χ3v) is 4.18. The molecule has 0 bridgehead atoms. The molecule has 84 valence electrons. The molecule has 3 nitrogen and oxygen atoms in total. The second-order valence-corrected chi connectivity index (χ2v) is 5.69. The molecular formula is C11H12ClN3S. The zero-order valence-electron chi connectivity index (χ0n) is 8.69. The van der Waals surface area contributed by atoms with Gasteiger partial charge in [-0.15, -0.1) is 22.9 Å². The van der Waals surface area contributed by atoms with Gasteiger partial charge in [0.1, 0.15) is 17.0 Å². The quantitative estimate of drug-likeness (QED) is 0.854. The molecule has 2 aromatic rings. The van der Waals surface area contributed by atoms with E-state index >= 15 is 0 Å². The zero-order valence-corrected chi connectivity index (χ0v) is 10.3. The van der Waals surface area contributed by atoms with Crippen LogP contribution in [0.1, 0.15) is 12.8 Å². The highest BCUT2D eigenvalue weighted by atomic mass is 35.5. The number of aromatic nitrogens is 2. The predicted octanol–water partition coefficient (Wildman–Crippen LogP) is 3.12. The molecule has 0 amide bonds. The first kappa shape index (κ1) is 10.3. The van der Waals surface area contributed by atoms with Crippen LogP contribution in [0.25, 0.3) is 10.2 Å². The van der Waals surface area contributed by atoms with Crippen LogP contribution in [0, 0.1) is 5.92 Å². The average Bonchev–Trinajstić information content (AvgIpc) is 2.71. The van der Waals surface area contributed by atoms with Crippen molar-refractivity contribution in [2.24, 2.45) is 5.92 Å². The fourth-order valence-electron chi connectivity index (χ4n) is 1.99. The van der Waals surface area contributed by atoms with Crippen LogP contribution in [0.5, 0.6) is 0 Å². The van der Waals surface area contributed by atoms with Gasteiger partial charge in [-0.2, -0.15) is 0 Å². The van der Waals surface area contributed by atoms with Crippen molar-refractivity contribution in [3.8, 4) is 0 Å². The Balaban J connectivity index is 1.71. The van der Waals surface area contributed by atoms with Gasteiger partial charge in [-0.3, -0.25) is 0 Å². The monoisotopic (exact) mass is 253 g/mol. The Kier molecular flexibility index (Phi) is 2.69. The van der Waals surface area contributed by atoms with Gasteiger partial charge in [-0.1, -0.05) is 0 Å². The standard InChI is InChI=1S/C11H12ClN3S/c12-8-3-7(4-8)5-13-10-9-1-2-16-11(9)15-6-14-10/h1-2,6-8H,3-5H2,(H,13,14,15). The lowest BCUT2D eigenvalue weighted by Gasteiger charge is -2.31. The predicted molar refractivity (Wildman–Crippen MR) is 68.3 cm³/mol. The molecule has 3 rings (SSSR count). The minimum Gasteiger partial charge on any atom is -0.369 e. The maximum atomic E-state index is 5.95. The number of nitrogens with zero attached hydrogens (tertiary/aromatic N) is 2. The minimum absolute atomic E-state index is 0.387. The Labute approximate surface area is 103 Å². The number of halogens is 1. The van der Waals surface area contributed by atoms with E-state index in [1.54, 1.807) is 17.7 Å². The van der Waals surface area contributed by atoms with Gasteiger partial charge >= 0.3 is 0 Å². The van der Waals surface area contributed by atoms with Gasteiger partial charge in [0.2, 0.25) is 0 Å². The van der Waals surface area contributed by atoms with Crippen LogP contribution in [0.3, 0.4) is 0 Å². The molecule has 0 atom stereocenters. The number of alkyl halides is 1. The van der Waals surface area contributed by atoms with E-state index in [0.29, 0.717) is 11.3 Å². The number of anilines is 1. The second-order valence-electron chi connectivity index (χ2n) is 4.18. The molecule has 1 N–H and O–H groups in total. The fraction of sp³-hybridized carbons (Fsp3) is 0.455. The van der Waals surface area contributed by atoms with Crippen LogP contribution in [0.2, 0.25) is 0 Å². The smallest absolute Gasteiger partial charge is 0.138 e. The van der Waals surface area contributed by atoms with Crippen molar-refractivity contribution in [1.82, 2.24) is 9.97 Å². The Morgan fingerprint density at radius 2 is 2.31 bits per heavy atom. The zero-order chi connectivity index (χ0) is 11.0. The second kappa shape index (κ2) is 4.18. The van der Waals surface area contributed by atoms with Crippen molar-refractivity contribution in [2.45, 2.75) is 18.2 Å². The number of fused-ring (bicyclic) bond motifs is 1. The van der Waals surface area contributed by atoms with E-state index in [-0.39, 0.29) is 0 Å². The molecule has 0 saturated heterocycles. The lowest BCUT2D eigenvalue weighted by atomic mass is 9.85. The van der Waals surface area contributed by atoms with Gasteiger partial charge in [-0.05, 0) is 30.2 Å². The summed E-state index contributed by atoms with van der Waals surface area (Å²) in [6, 6.07) is 2.06. The first-order chi connectivity index (χ1) is 7.83. The highest BCUT2D eigenvalue weighted by molar-refractivity contribution is 7.16. The van der Waals surface area contributed by atoms with Gasteiger partial charge < -0.3 is 5.32 Å². The number of nitrogens with one attached hydrogen (secondary N) is 1. The van der Waals surface area contributed by atoms with E-state index in [9.17, 15) is 0 Å². The van der Waals surface area contributed by atoms with E-state index in [2.05, 4.69) is 21.4 Å². The van der Waals surface area contributed by atoms with E-state index < -0.39 is 0 Å². The first-order valence-corrected chi connectivity index (χ1v) is 6.70. The molecule has 1 fully saturated rings. The molecule has 2 aromatic heterocycles. The van der Waals surface area contributed by atoms with E-state index in [4.69, 9.17) is 11.6 Å². The highest BCUT2D eigenvalue weighted by Gasteiger charge is 2.26. The summed E-state index contributed by atoms with van der Waals surface area (Å²) in [5, 5.41) is 6.94. The van der Waals surface area contributed by atoms with Gasteiger partial charge in [0, 0.05) is 11.9 Å². The summed E-state index contributed by atoms with van der Waals surface area (Å²) in [7, 11) is 0. The molecule has 1 aliphatic rings. The van der Waals surface area contributed by atoms with Crippen LogP contribution in [0.4, 0.5) is 5.82 Å². The Hall–Kier alpha value is -0.870. The van der Waals surface area contributed by atoms with Gasteiger partial charge in [0.25, 0.3) is 0 Å². The maximum absolute atomic E-state index is 5.95. The molecule has 16 heavy (non-hydrogen) atoms. The number of hydrogen-bond acceptors (Lipinski definition) is 4. The Morgan fingerprint density at radius 1 is 1.44 bits per heavy atom. The summed E-state index contributed by atoms with van der Waals surface area (Å²) in [6.45, 7) is 0.963. The maximum Gasteiger partial charge on any atom is 0.138 e. The summed E-state index contributed by atoms with van der Waals surface area (Å²) >= 11 is 7.60. The molecule has 0 unspecified atom stereocenters. The summed E-state index contributed by atoms with van der Waals surface area (Å²) < 4.78 is 0. The van der Waals surface area contributed by atoms with Crippen LogP contribution < -0.4 is 5.32 Å². The molecule has 1 saturated carbocycles. The molecule has 0 spiro atoms. The van der Waals surface area contributed by atoms with E-state index in [0.717, 1.165) is 35.4 Å². The summed E-state index contributed by atoms with van der Waals surface area (Å²) in [6.07, 6.45) is 3.85. The van der Waals surface area contributed by atoms with Crippen LogP contribution >= 0.6 is 22.9 Å². The largest absolute Gasteiger partial charge is 0.369 e. The first-order valence-electron chi connectivity index (χ1n) is 5.39. The van der Waals surface area contributed by atoms with E-state index in [1.807, 2.05) is 5.38 Å². The summed E-state index contributed by atoms with van der Waals surface area (Å²) in [4.78, 5) is 9.54. The Bertz CT molecular complexity index is 493. The Morgan fingerprint density at radius 3 is 3.12 bits per heavy atom. The number of hydrogen-bond donors (Lipinski definition) is 1. The van der Waals surface area contributed by atoms with Crippen LogP contribution in [0.15, 0.2) is 17.8 Å². The lowest BCUT2D eigenvalue weighted by Crippen LogP contribution is -2.30. The summed E-state index contributed by atoms with van der Waals surface area (Å²) in [5.74, 6) is 1.65. The minimum atomic E-state index is 0.387. The van der Waals surface area contributed by atoms with Crippen molar-refractivity contribution < 1.29 is 0 Å². The van der Waals surface area contributed by atoms with Crippen molar-refractivity contribution in [1.29, 1.82) is 0 Å². The number of thiophene rings is 1. The molecule has 2 heterocycles. The molecule has 0 aliphatic heterocycles. The van der Waals surface area contributed by atoms with Crippen LogP contribution in [-0.4, -0.2) is 21.9 Å². The molecular weight excluding hydrogens is 242 g/mol. The fourth-order valence-corrected chi connectivity index (χ4v) is 3.23. The van der Waals surface area contributed by atoms with Crippen molar-refractivity contribution in [3.63, 3.8) is 0 Å². The van der Waals surface area contributed by atoms with Crippen molar-refractivity contribution in [2.75, 3.05) is 11.9 Å². The SMILES string of the molecule is ClC1CC(CNc2ncnc3sccc23)C1. The highest BCUT2D eigenvalue weighted by Crippen LogP contribution is 2.32. The van der Waals surface area contributed by atoms with E-state index in [1.165, 1.54) is 0 Å². The molecule has 0 radical (unpaired) electrons. The molecule has 5 heteroatoms. The lowest BCUT2D eigenvalue weighted by molar-refractivity contribution is 0.341. The summed E-state index contributed by atoms with van der Waals surface area (Å²) in [5.41, 5.74) is 0. The van der Waals surface area contributed by atoms with Gasteiger partial charge in [0.15, 0.2) is 0 Å². The third-order valence-electron chi connectivity index (χ3n) is 3.00. The van der Waals surface area contributed by atoms with Crippen molar-refractivity contribution >= 4 is 39.0 Å². The van der Waals surface area contributed by atoms with Gasteiger partial charge in [-0.25, -0.2) is 9.97 Å². The third kappa shape index (κ3) is 1.87. The molecule has 0 aromatic carbocycles. The molecule has 1 aliphatic carbocycles. The topological polar surface area (TPSA) is 37.8 Å². The average molecular weight is 254 g/mol. The van der Waals surface area contributed by atoms with Crippen molar-refractivity contribution in [3.05, 3.63) is 17.8 Å². The van der Waals surface area contributed by atoms with Gasteiger partial charge in [0.05, 0.1) is 5.39 Å². The normalized spacial score (nSPS) is 24.3. The number of rotatable bonds is 3. The van der Waals surface area contributed by atoms with Crippen LogP contribution in [-0.2, 0) is 0 Å².